The summed E-state index contributed by atoms with van der Waals surface area (Å²) in [7, 11) is 0. The first-order chi connectivity index (χ1) is 10.3. The van der Waals surface area contributed by atoms with Gasteiger partial charge in [0.2, 0.25) is 0 Å². The Hall–Kier alpha value is -2.64. The van der Waals surface area contributed by atoms with Crippen LogP contribution in [-0.4, -0.2) is 4.92 Å². The maximum Gasteiger partial charge on any atom is 0.269 e. The zero-order valence-corrected chi connectivity index (χ0v) is 11.1. The van der Waals surface area contributed by atoms with E-state index in [9.17, 15) is 27.7 Å². The van der Waals surface area contributed by atoms with E-state index in [0.717, 1.165) is 12.1 Å². The maximum atomic E-state index is 12.0. The summed E-state index contributed by atoms with van der Waals surface area (Å²) in [5, 5.41) is 10.1. The van der Waals surface area contributed by atoms with Gasteiger partial charge < -0.3 is 5.73 Å². The van der Waals surface area contributed by atoms with Crippen molar-refractivity contribution in [3.8, 4) is 0 Å². The van der Waals surface area contributed by atoms with Crippen LogP contribution in [0.3, 0.4) is 0 Å². The Balaban J connectivity index is 0.000000224. The number of rotatable bonds is 3. The number of hydrogen-bond acceptors (Lipinski definition) is 3. The molecule has 0 saturated heterocycles. The number of halogens is 4. The van der Waals surface area contributed by atoms with Crippen LogP contribution in [0.15, 0.2) is 48.5 Å². The van der Waals surface area contributed by atoms with E-state index >= 15 is 0 Å². The minimum atomic E-state index is -2.66. The van der Waals surface area contributed by atoms with E-state index in [-0.39, 0.29) is 16.8 Å². The lowest BCUT2D eigenvalue weighted by Crippen LogP contribution is -1.90. The molecule has 2 rings (SSSR count). The molecule has 0 atom stereocenters. The molecule has 0 aliphatic heterocycles. The molecule has 2 aromatic carbocycles. The molecule has 0 aliphatic carbocycles. The zero-order chi connectivity index (χ0) is 16.7. The van der Waals surface area contributed by atoms with Gasteiger partial charge in [-0.05, 0) is 12.1 Å². The molecule has 118 valence electrons. The summed E-state index contributed by atoms with van der Waals surface area (Å²) in [6.45, 7) is 0. The normalized spacial score (nSPS) is 10.3. The average molecular weight is 316 g/mol. The van der Waals surface area contributed by atoms with Crippen LogP contribution in [0.5, 0.6) is 0 Å². The first-order valence-corrected chi connectivity index (χ1v) is 5.97. The van der Waals surface area contributed by atoms with Gasteiger partial charge in [0.1, 0.15) is 0 Å². The molecule has 0 aliphatic rings. The fourth-order valence-electron chi connectivity index (χ4n) is 1.47. The molecule has 8 heteroatoms. The largest absolute Gasteiger partial charge is 0.399 e. The smallest absolute Gasteiger partial charge is 0.269 e. The summed E-state index contributed by atoms with van der Waals surface area (Å²) in [6.07, 6.45) is -5.09. The fourth-order valence-corrected chi connectivity index (χ4v) is 1.47. The third kappa shape index (κ3) is 5.39. The SMILES string of the molecule is Nc1cccc(C(F)F)c1.O=[N+]([O-])c1cccc(C(F)F)c1. The van der Waals surface area contributed by atoms with Crippen LogP contribution >= 0.6 is 0 Å². The Bertz CT molecular complexity index is 636. The van der Waals surface area contributed by atoms with Gasteiger partial charge in [-0.1, -0.05) is 24.3 Å². The summed E-state index contributed by atoms with van der Waals surface area (Å²) in [4.78, 5) is 9.43. The van der Waals surface area contributed by atoms with Crippen molar-refractivity contribution < 1.29 is 22.5 Å². The monoisotopic (exact) mass is 316 g/mol. The molecule has 0 saturated carbocycles. The molecule has 0 amide bonds. The Labute approximate surface area is 123 Å². The second-order valence-corrected chi connectivity index (χ2v) is 4.12. The van der Waals surface area contributed by atoms with Crippen molar-refractivity contribution in [1.29, 1.82) is 0 Å². The standard InChI is InChI=1S/C7H5F2NO2.C7H7F2N/c8-7(9)5-2-1-3-6(4-5)10(11)12;8-7(9)5-2-1-3-6(10)4-5/h1-4,7H;1-4,7H,10H2. The lowest BCUT2D eigenvalue weighted by molar-refractivity contribution is -0.385. The van der Waals surface area contributed by atoms with E-state index in [2.05, 4.69) is 0 Å². The molecule has 22 heavy (non-hydrogen) atoms. The second kappa shape index (κ2) is 7.96. The van der Waals surface area contributed by atoms with Gasteiger partial charge in [0.15, 0.2) is 0 Å². The van der Waals surface area contributed by atoms with E-state index in [1.807, 2.05) is 0 Å². The Morgan fingerprint density at radius 1 is 0.909 bits per heavy atom. The molecular weight excluding hydrogens is 304 g/mol. The number of nitrogens with two attached hydrogens (primary N) is 1. The number of benzene rings is 2. The average Bonchev–Trinajstić information content (AvgIpc) is 2.48. The molecule has 0 aromatic heterocycles. The van der Waals surface area contributed by atoms with Gasteiger partial charge in [0.05, 0.1) is 4.92 Å². The molecule has 0 bridgehead atoms. The molecule has 2 N–H and O–H groups in total. The highest BCUT2D eigenvalue weighted by Crippen LogP contribution is 2.22. The fraction of sp³-hybridized carbons (Fsp3) is 0.143. The number of hydrogen-bond donors (Lipinski definition) is 1. The maximum absolute atomic E-state index is 12.0. The molecular formula is C14H12F4N2O2. The second-order valence-electron chi connectivity index (χ2n) is 4.12. The number of alkyl halides is 4. The first-order valence-electron chi connectivity index (χ1n) is 5.97. The van der Waals surface area contributed by atoms with Crippen molar-refractivity contribution in [2.45, 2.75) is 12.9 Å². The molecule has 0 unspecified atom stereocenters. The van der Waals surface area contributed by atoms with Crippen molar-refractivity contribution >= 4 is 11.4 Å². The van der Waals surface area contributed by atoms with Crippen molar-refractivity contribution in [2.75, 3.05) is 5.73 Å². The lowest BCUT2D eigenvalue weighted by atomic mass is 10.2. The van der Waals surface area contributed by atoms with Gasteiger partial charge in [-0.25, -0.2) is 17.6 Å². The number of nitro groups is 1. The lowest BCUT2D eigenvalue weighted by Gasteiger charge is -1.98. The Morgan fingerprint density at radius 2 is 1.41 bits per heavy atom. The summed E-state index contributed by atoms with van der Waals surface area (Å²) in [5.41, 5.74) is 4.97. The number of non-ortho nitro benzene ring substituents is 1. The summed E-state index contributed by atoms with van der Waals surface area (Å²) < 4.78 is 47.8. The van der Waals surface area contributed by atoms with Gasteiger partial charge >= 0.3 is 0 Å². The van der Waals surface area contributed by atoms with E-state index in [1.165, 1.54) is 30.3 Å². The van der Waals surface area contributed by atoms with Gasteiger partial charge in [0.25, 0.3) is 18.5 Å². The first kappa shape index (κ1) is 17.4. The highest BCUT2D eigenvalue weighted by Gasteiger charge is 2.11. The van der Waals surface area contributed by atoms with Gasteiger partial charge in [-0.3, -0.25) is 10.1 Å². The summed E-state index contributed by atoms with van der Waals surface area (Å²) in [5.74, 6) is 0. The number of nitro benzene ring substituents is 1. The van der Waals surface area contributed by atoms with Crippen LogP contribution in [0.1, 0.15) is 24.0 Å². The Morgan fingerprint density at radius 3 is 1.82 bits per heavy atom. The molecule has 0 fully saturated rings. The number of nitrogens with zero attached hydrogens (tertiary/aromatic N) is 1. The van der Waals surface area contributed by atoms with Crippen LogP contribution in [-0.2, 0) is 0 Å². The van der Waals surface area contributed by atoms with Crippen molar-refractivity contribution in [2.24, 2.45) is 0 Å². The minimum absolute atomic E-state index is 0.0278. The van der Waals surface area contributed by atoms with E-state index in [0.29, 0.717) is 5.69 Å². The molecule has 2 aromatic rings. The third-order valence-electron chi connectivity index (χ3n) is 2.50. The quantitative estimate of drug-likeness (QED) is 0.385. The van der Waals surface area contributed by atoms with Crippen molar-refractivity contribution in [1.82, 2.24) is 0 Å². The van der Waals surface area contributed by atoms with E-state index in [1.54, 1.807) is 6.07 Å². The van der Waals surface area contributed by atoms with Gasteiger partial charge in [0, 0.05) is 28.9 Å². The third-order valence-corrected chi connectivity index (χ3v) is 2.50. The summed E-state index contributed by atoms with van der Waals surface area (Å²) in [6, 6.07) is 10.1. The highest BCUT2D eigenvalue weighted by atomic mass is 19.3. The van der Waals surface area contributed by atoms with Crippen molar-refractivity contribution in [3.63, 3.8) is 0 Å². The molecule has 0 heterocycles. The van der Waals surface area contributed by atoms with Crippen LogP contribution < -0.4 is 5.73 Å². The van der Waals surface area contributed by atoms with E-state index < -0.39 is 17.8 Å². The molecule has 4 nitrogen and oxygen atoms in total. The number of nitrogen functional groups attached to an aromatic ring is 1. The molecule has 0 radical (unpaired) electrons. The zero-order valence-electron chi connectivity index (χ0n) is 11.1. The highest BCUT2D eigenvalue weighted by molar-refractivity contribution is 5.40. The van der Waals surface area contributed by atoms with E-state index in [4.69, 9.17) is 5.73 Å². The Kier molecular flexibility index (Phi) is 6.30. The minimum Gasteiger partial charge on any atom is -0.399 e. The summed E-state index contributed by atoms with van der Waals surface area (Å²) >= 11 is 0. The van der Waals surface area contributed by atoms with Crippen molar-refractivity contribution in [3.05, 3.63) is 69.8 Å². The van der Waals surface area contributed by atoms with Crippen LogP contribution in [0, 0.1) is 10.1 Å². The number of anilines is 1. The van der Waals surface area contributed by atoms with Gasteiger partial charge in [-0.15, -0.1) is 0 Å². The van der Waals surface area contributed by atoms with Crippen LogP contribution in [0.25, 0.3) is 0 Å². The van der Waals surface area contributed by atoms with Gasteiger partial charge in [-0.2, -0.15) is 0 Å². The topological polar surface area (TPSA) is 69.2 Å². The predicted octanol–water partition coefficient (Wildman–Crippen LogP) is 4.74. The van der Waals surface area contributed by atoms with Crippen LogP contribution in [0.2, 0.25) is 0 Å². The van der Waals surface area contributed by atoms with Crippen LogP contribution in [0.4, 0.5) is 28.9 Å². The predicted molar refractivity (Wildman–Crippen MR) is 73.9 cm³/mol. The molecule has 0 spiro atoms.